The third-order valence-corrected chi connectivity index (χ3v) is 4.50. The van der Waals surface area contributed by atoms with Crippen molar-refractivity contribution in [2.45, 2.75) is 39.2 Å². The first-order chi connectivity index (χ1) is 10.5. The van der Waals surface area contributed by atoms with Crippen LogP contribution in [0.4, 0.5) is 0 Å². The van der Waals surface area contributed by atoms with Gasteiger partial charge in [-0.3, -0.25) is 14.6 Å². The molecule has 2 atom stereocenters. The molecule has 2 rings (SSSR count). The molecule has 22 heavy (non-hydrogen) atoms. The molecule has 1 amide bonds. The third kappa shape index (κ3) is 4.13. The van der Waals surface area contributed by atoms with Gasteiger partial charge in [0.2, 0.25) is 5.91 Å². The van der Waals surface area contributed by atoms with Crippen LogP contribution in [0.1, 0.15) is 43.6 Å². The number of likely N-dealkylation sites (tertiary alicyclic amines) is 1. The van der Waals surface area contributed by atoms with E-state index in [4.69, 9.17) is 5.73 Å². The van der Waals surface area contributed by atoms with Gasteiger partial charge in [0.25, 0.3) is 0 Å². The van der Waals surface area contributed by atoms with Gasteiger partial charge in [0.05, 0.1) is 6.04 Å². The number of nitrogens with zero attached hydrogens (tertiary/aromatic N) is 2. The fourth-order valence-corrected chi connectivity index (χ4v) is 3.07. The highest BCUT2D eigenvalue weighted by Gasteiger charge is 2.28. The summed E-state index contributed by atoms with van der Waals surface area (Å²) in [6.07, 6.45) is 4.04. The number of pyridine rings is 1. The van der Waals surface area contributed by atoms with Crippen LogP contribution in [0.3, 0.4) is 0 Å². The van der Waals surface area contributed by atoms with E-state index in [1.165, 1.54) is 0 Å². The lowest BCUT2D eigenvalue weighted by Gasteiger charge is -2.35. The zero-order valence-electron chi connectivity index (χ0n) is 13.4. The van der Waals surface area contributed by atoms with E-state index < -0.39 is 6.04 Å². The van der Waals surface area contributed by atoms with Crippen molar-refractivity contribution in [2.24, 2.45) is 17.6 Å². The molecule has 0 spiro atoms. The Labute approximate surface area is 131 Å². The van der Waals surface area contributed by atoms with E-state index in [0.717, 1.165) is 25.9 Å². The van der Waals surface area contributed by atoms with Gasteiger partial charge in [0.15, 0.2) is 5.78 Å². The fourth-order valence-electron chi connectivity index (χ4n) is 3.07. The van der Waals surface area contributed by atoms with Crippen molar-refractivity contribution >= 4 is 11.7 Å². The third-order valence-electron chi connectivity index (χ3n) is 4.50. The van der Waals surface area contributed by atoms with Gasteiger partial charge in [0, 0.05) is 25.7 Å². The highest BCUT2D eigenvalue weighted by atomic mass is 16.2. The number of carbonyl (C=O) groups is 2. The SMILES string of the molecule is CC(CC(=O)c1ccccn1)C1CCN(C(=O)[C@H](C)N)CC1. The zero-order chi connectivity index (χ0) is 16.1. The molecule has 1 fully saturated rings. The van der Waals surface area contributed by atoms with Crippen LogP contribution < -0.4 is 5.73 Å². The predicted octanol–water partition coefficient (Wildman–Crippen LogP) is 1.88. The molecular formula is C17H25N3O2. The van der Waals surface area contributed by atoms with Crippen LogP contribution in [0.15, 0.2) is 24.4 Å². The maximum absolute atomic E-state index is 12.2. The lowest BCUT2D eigenvalue weighted by Crippen LogP contribution is -2.46. The van der Waals surface area contributed by atoms with E-state index in [1.807, 2.05) is 17.0 Å². The van der Waals surface area contributed by atoms with Crippen molar-refractivity contribution in [3.05, 3.63) is 30.1 Å². The highest BCUT2D eigenvalue weighted by Crippen LogP contribution is 2.28. The Morgan fingerprint density at radius 1 is 1.32 bits per heavy atom. The second kappa shape index (κ2) is 7.49. The van der Waals surface area contributed by atoms with E-state index >= 15 is 0 Å². The summed E-state index contributed by atoms with van der Waals surface area (Å²) in [4.78, 5) is 30.0. The second-order valence-corrected chi connectivity index (χ2v) is 6.27. The number of Topliss-reactive ketones (excluding diaryl/α,β-unsaturated/α-hetero) is 1. The van der Waals surface area contributed by atoms with Gasteiger partial charge in [-0.15, -0.1) is 0 Å². The molecule has 1 saturated heterocycles. The Morgan fingerprint density at radius 2 is 2.00 bits per heavy atom. The van der Waals surface area contributed by atoms with Crippen LogP contribution in [-0.4, -0.2) is 40.7 Å². The summed E-state index contributed by atoms with van der Waals surface area (Å²) in [7, 11) is 0. The molecule has 0 saturated carbocycles. The number of hydrogen-bond donors (Lipinski definition) is 1. The van der Waals surface area contributed by atoms with Crippen LogP contribution in [0.5, 0.6) is 0 Å². The van der Waals surface area contributed by atoms with Crippen molar-refractivity contribution in [3.8, 4) is 0 Å². The maximum Gasteiger partial charge on any atom is 0.239 e. The van der Waals surface area contributed by atoms with Crippen LogP contribution in [-0.2, 0) is 4.79 Å². The summed E-state index contributed by atoms with van der Waals surface area (Å²) in [5.41, 5.74) is 6.19. The summed E-state index contributed by atoms with van der Waals surface area (Å²) >= 11 is 0. The van der Waals surface area contributed by atoms with Crippen LogP contribution in [0.2, 0.25) is 0 Å². The molecule has 1 unspecified atom stereocenters. The number of amides is 1. The van der Waals surface area contributed by atoms with Crippen molar-refractivity contribution in [1.29, 1.82) is 0 Å². The normalized spacial score (nSPS) is 18.8. The number of carbonyl (C=O) groups excluding carboxylic acids is 2. The summed E-state index contributed by atoms with van der Waals surface area (Å²) < 4.78 is 0. The monoisotopic (exact) mass is 303 g/mol. The van der Waals surface area contributed by atoms with E-state index in [9.17, 15) is 9.59 Å². The quantitative estimate of drug-likeness (QED) is 0.843. The molecule has 5 nitrogen and oxygen atoms in total. The van der Waals surface area contributed by atoms with Crippen LogP contribution in [0.25, 0.3) is 0 Å². The number of rotatable bonds is 5. The van der Waals surface area contributed by atoms with Gasteiger partial charge >= 0.3 is 0 Å². The summed E-state index contributed by atoms with van der Waals surface area (Å²) in [6.45, 7) is 5.33. The summed E-state index contributed by atoms with van der Waals surface area (Å²) in [5.74, 6) is 0.907. The standard InChI is InChI=1S/C17H25N3O2/c1-12(11-16(21)15-5-3-4-8-19-15)14-6-9-20(10-7-14)17(22)13(2)18/h3-5,8,12-14H,6-7,9-11,18H2,1-2H3/t12?,13-/m0/s1. The average molecular weight is 303 g/mol. The Balaban J connectivity index is 1.84. The van der Waals surface area contributed by atoms with Crippen LogP contribution >= 0.6 is 0 Å². The molecule has 0 radical (unpaired) electrons. The van der Waals surface area contributed by atoms with E-state index in [1.54, 1.807) is 19.2 Å². The Hall–Kier alpha value is -1.75. The lowest BCUT2D eigenvalue weighted by molar-refractivity contribution is -0.133. The molecule has 0 aliphatic carbocycles. The molecule has 0 bridgehead atoms. The van der Waals surface area contributed by atoms with Crippen molar-refractivity contribution in [1.82, 2.24) is 9.88 Å². The summed E-state index contributed by atoms with van der Waals surface area (Å²) in [6, 6.07) is 4.98. The number of aromatic nitrogens is 1. The first kappa shape index (κ1) is 16.6. The molecule has 1 aromatic rings. The average Bonchev–Trinajstić information content (AvgIpc) is 2.55. The largest absolute Gasteiger partial charge is 0.341 e. The van der Waals surface area contributed by atoms with Crippen LogP contribution in [0, 0.1) is 11.8 Å². The fraction of sp³-hybridized carbons (Fsp3) is 0.588. The minimum Gasteiger partial charge on any atom is -0.341 e. The molecule has 1 aliphatic heterocycles. The molecule has 0 aromatic carbocycles. The molecule has 120 valence electrons. The second-order valence-electron chi connectivity index (χ2n) is 6.27. The van der Waals surface area contributed by atoms with Gasteiger partial charge < -0.3 is 10.6 Å². The van der Waals surface area contributed by atoms with Gasteiger partial charge in [-0.05, 0) is 43.7 Å². The first-order valence-corrected chi connectivity index (χ1v) is 7.97. The van der Waals surface area contributed by atoms with Gasteiger partial charge in [-0.1, -0.05) is 13.0 Å². The molecular weight excluding hydrogens is 278 g/mol. The van der Waals surface area contributed by atoms with Crippen molar-refractivity contribution < 1.29 is 9.59 Å². The Morgan fingerprint density at radius 3 is 2.55 bits per heavy atom. The lowest BCUT2D eigenvalue weighted by atomic mass is 9.82. The topological polar surface area (TPSA) is 76.3 Å². The minimum absolute atomic E-state index is 0.0238. The molecule has 1 aliphatic rings. The zero-order valence-corrected chi connectivity index (χ0v) is 13.4. The summed E-state index contributed by atoms with van der Waals surface area (Å²) in [5, 5.41) is 0. The van der Waals surface area contributed by atoms with Gasteiger partial charge in [0.1, 0.15) is 5.69 Å². The highest BCUT2D eigenvalue weighted by molar-refractivity contribution is 5.94. The van der Waals surface area contributed by atoms with Gasteiger partial charge in [-0.25, -0.2) is 0 Å². The van der Waals surface area contributed by atoms with E-state index in [-0.39, 0.29) is 11.7 Å². The molecule has 2 N–H and O–H groups in total. The smallest absolute Gasteiger partial charge is 0.239 e. The first-order valence-electron chi connectivity index (χ1n) is 7.97. The maximum atomic E-state index is 12.2. The Kier molecular flexibility index (Phi) is 5.66. The Bertz CT molecular complexity index is 508. The molecule has 5 heteroatoms. The number of ketones is 1. The number of nitrogens with two attached hydrogens (primary N) is 1. The molecule has 1 aromatic heterocycles. The molecule has 2 heterocycles. The minimum atomic E-state index is -0.431. The van der Waals surface area contributed by atoms with Gasteiger partial charge in [-0.2, -0.15) is 0 Å². The number of hydrogen-bond acceptors (Lipinski definition) is 4. The van der Waals surface area contributed by atoms with E-state index in [2.05, 4.69) is 11.9 Å². The van der Waals surface area contributed by atoms with Crippen molar-refractivity contribution in [2.75, 3.05) is 13.1 Å². The van der Waals surface area contributed by atoms with Crippen molar-refractivity contribution in [3.63, 3.8) is 0 Å². The van der Waals surface area contributed by atoms with E-state index in [0.29, 0.717) is 24.0 Å². The predicted molar refractivity (Wildman–Crippen MR) is 85.3 cm³/mol. The number of piperidine rings is 1.